The predicted octanol–water partition coefficient (Wildman–Crippen LogP) is 1.75. The van der Waals surface area contributed by atoms with Crippen molar-refractivity contribution in [2.45, 2.75) is 38.0 Å². The second-order valence-corrected chi connectivity index (χ2v) is 9.14. The third kappa shape index (κ3) is 7.49. The van der Waals surface area contributed by atoms with Crippen molar-refractivity contribution in [3.8, 4) is 5.75 Å². The number of rotatable bonds is 5. The van der Waals surface area contributed by atoms with Crippen LogP contribution in [0, 0.1) is 0 Å². The van der Waals surface area contributed by atoms with Crippen LogP contribution in [0.4, 0.5) is 0 Å². The molecular weight excluding hydrogens is 448 g/mol. The molecule has 2 aliphatic rings. The molecule has 35 heavy (non-hydrogen) atoms. The lowest BCUT2D eigenvalue weighted by Gasteiger charge is -2.34. The number of aliphatic hydroxyl groups is 2. The quantitative estimate of drug-likeness (QED) is 0.595. The summed E-state index contributed by atoms with van der Waals surface area (Å²) in [6.07, 6.45) is 1.72. The monoisotopic (exact) mass is 484 g/mol. The highest BCUT2D eigenvalue weighted by molar-refractivity contribution is 5.94. The van der Waals surface area contributed by atoms with Gasteiger partial charge in [-0.05, 0) is 47.7 Å². The fraction of sp³-hybridized carbons (Fsp3) is 0.519. The highest BCUT2D eigenvalue weighted by Gasteiger charge is 2.22. The van der Waals surface area contributed by atoms with Gasteiger partial charge in [0.25, 0.3) is 5.91 Å². The second kappa shape index (κ2) is 13.0. The van der Waals surface area contributed by atoms with E-state index in [9.17, 15) is 9.90 Å². The highest BCUT2D eigenvalue weighted by atomic mass is 16.5. The first-order valence-corrected chi connectivity index (χ1v) is 12.4. The van der Waals surface area contributed by atoms with Gasteiger partial charge in [-0.2, -0.15) is 0 Å². The lowest BCUT2D eigenvalue weighted by atomic mass is 9.99. The van der Waals surface area contributed by atoms with E-state index in [0.717, 1.165) is 56.0 Å². The van der Waals surface area contributed by atoms with Crippen molar-refractivity contribution < 1.29 is 29.2 Å². The van der Waals surface area contributed by atoms with E-state index in [1.54, 1.807) is 6.07 Å². The largest absolute Gasteiger partial charge is 0.491 e. The molecule has 2 aromatic carbocycles. The number of aliphatic hydroxyl groups excluding tert-OH is 2. The van der Waals surface area contributed by atoms with Crippen LogP contribution in [-0.4, -0.2) is 85.9 Å². The summed E-state index contributed by atoms with van der Waals surface area (Å²) in [5, 5.41) is 21.2. The molecule has 0 aliphatic carbocycles. The molecule has 2 aromatic rings. The molecule has 1 saturated heterocycles. The smallest absolute Gasteiger partial charge is 0.251 e. The Kier molecular flexibility index (Phi) is 9.50. The number of nitrogens with zero attached hydrogens (tertiary/aromatic N) is 1. The molecule has 0 saturated carbocycles. The summed E-state index contributed by atoms with van der Waals surface area (Å²) < 4.78 is 17.5. The molecule has 1 unspecified atom stereocenters. The van der Waals surface area contributed by atoms with Crippen LogP contribution in [0.25, 0.3) is 0 Å². The fourth-order valence-electron chi connectivity index (χ4n) is 4.60. The number of carbonyl (C=O) groups excluding carboxylic acids is 1. The van der Waals surface area contributed by atoms with Crippen LogP contribution in [0.3, 0.4) is 0 Å². The Balaban J connectivity index is 1.55. The highest BCUT2D eigenvalue weighted by Crippen LogP contribution is 2.25. The van der Waals surface area contributed by atoms with Crippen molar-refractivity contribution >= 4 is 5.91 Å². The SMILES string of the molecule is O=C(NCC(O)CO)c1ccc2c(c1)Cc1cccc(c1)CN(C1CCOCC1)CCOCCO2. The third-order valence-corrected chi connectivity index (χ3v) is 6.52. The molecule has 3 N–H and O–H groups in total. The molecule has 0 radical (unpaired) electrons. The van der Waals surface area contributed by atoms with Crippen LogP contribution in [0.2, 0.25) is 0 Å². The molecule has 2 bridgehead atoms. The van der Waals surface area contributed by atoms with Crippen LogP contribution in [0.15, 0.2) is 42.5 Å². The van der Waals surface area contributed by atoms with Gasteiger partial charge >= 0.3 is 0 Å². The Morgan fingerprint density at radius 2 is 1.83 bits per heavy atom. The van der Waals surface area contributed by atoms with Crippen molar-refractivity contribution in [3.63, 3.8) is 0 Å². The summed E-state index contributed by atoms with van der Waals surface area (Å²) in [6, 6.07) is 14.4. The number of hydrogen-bond donors (Lipinski definition) is 3. The average Bonchev–Trinajstić information content (AvgIpc) is 2.89. The second-order valence-electron chi connectivity index (χ2n) is 9.14. The van der Waals surface area contributed by atoms with Gasteiger partial charge in [0.05, 0.1) is 25.9 Å². The number of carbonyl (C=O) groups is 1. The summed E-state index contributed by atoms with van der Waals surface area (Å²) in [7, 11) is 0. The zero-order valence-electron chi connectivity index (χ0n) is 20.2. The van der Waals surface area contributed by atoms with E-state index < -0.39 is 12.7 Å². The van der Waals surface area contributed by atoms with Crippen molar-refractivity contribution in [2.24, 2.45) is 0 Å². The van der Waals surface area contributed by atoms with Crippen molar-refractivity contribution in [2.75, 3.05) is 52.7 Å². The molecule has 1 fully saturated rings. The maximum Gasteiger partial charge on any atom is 0.251 e. The zero-order valence-corrected chi connectivity index (χ0v) is 20.2. The van der Waals surface area contributed by atoms with E-state index in [1.807, 2.05) is 12.1 Å². The summed E-state index contributed by atoms with van der Waals surface area (Å²) in [5.74, 6) is 0.427. The fourth-order valence-corrected chi connectivity index (χ4v) is 4.60. The summed E-state index contributed by atoms with van der Waals surface area (Å²) in [6.45, 7) is 4.51. The molecule has 2 aliphatic heterocycles. The lowest BCUT2D eigenvalue weighted by Crippen LogP contribution is -2.41. The average molecular weight is 485 g/mol. The maximum absolute atomic E-state index is 12.6. The topological polar surface area (TPSA) is 100 Å². The number of hydrogen-bond acceptors (Lipinski definition) is 7. The van der Waals surface area contributed by atoms with Crippen LogP contribution in [-0.2, 0) is 22.4 Å². The van der Waals surface area contributed by atoms with Crippen molar-refractivity contribution in [1.29, 1.82) is 0 Å². The molecule has 8 heteroatoms. The predicted molar refractivity (Wildman–Crippen MR) is 132 cm³/mol. The van der Waals surface area contributed by atoms with Crippen LogP contribution in [0.5, 0.6) is 5.75 Å². The number of amides is 1. The summed E-state index contributed by atoms with van der Waals surface area (Å²) in [5.41, 5.74) is 3.80. The normalized spacial score (nSPS) is 19.1. The van der Waals surface area contributed by atoms with Gasteiger partial charge in [0, 0.05) is 50.9 Å². The molecule has 4 rings (SSSR count). The van der Waals surface area contributed by atoms with E-state index in [0.29, 0.717) is 37.8 Å². The summed E-state index contributed by atoms with van der Waals surface area (Å²) in [4.78, 5) is 15.1. The van der Waals surface area contributed by atoms with Crippen LogP contribution in [0.1, 0.15) is 39.9 Å². The van der Waals surface area contributed by atoms with Gasteiger partial charge in [-0.15, -0.1) is 0 Å². The summed E-state index contributed by atoms with van der Waals surface area (Å²) >= 11 is 0. The Morgan fingerprint density at radius 1 is 1.03 bits per heavy atom. The minimum Gasteiger partial charge on any atom is -0.491 e. The molecule has 1 atom stereocenters. The number of fused-ring (bicyclic) bond motifs is 3. The van der Waals surface area contributed by atoms with Gasteiger partial charge in [-0.1, -0.05) is 24.3 Å². The minimum atomic E-state index is -0.983. The standard InChI is InChI=1S/C27H36N2O6/c30-19-25(31)17-28-27(32)22-4-5-26-23(16-22)15-20-2-1-3-21(14-20)18-29(8-11-34-12-13-35-26)24-6-9-33-10-7-24/h1-5,14,16,24-25,30-31H,6-13,15,17-19H2,(H,28,32). The van der Waals surface area contributed by atoms with E-state index in [2.05, 4.69) is 34.5 Å². The van der Waals surface area contributed by atoms with E-state index in [-0.39, 0.29) is 12.5 Å². The van der Waals surface area contributed by atoms with Crippen LogP contribution < -0.4 is 10.1 Å². The van der Waals surface area contributed by atoms with E-state index in [4.69, 9.17) is 19.3 Å². The molecule has 8 nitrogen and oxygen atoms in total. The Morgan fingerprint density at radius 3 is 2.66 bits per heavy atom. The zero-order chi connectivity index (χ0) is 24.5. The van der Waals surface area contributed by atoms with Gasteiger partial charge in [-0.25, -0.2) is 0 Å². The minimum absolute atomic E-state index is 0.00801. The molecule has 2 heterocycles. The molecule has 190 valence electrons. The molecular formula is C27H36N2O6. The van der Waals surface area contributed by atoms with Gasteiger partial charge in [0.2, 0.25) is 0 Å². The number of benzene rings is 2. The number of nitrogens with one attached hydrogen (secondary N) is 1. The Labute approximate surface area is 206 Å². The molecule has 0 aromatic heterocycles. The van der Waals surface area contributed by atoms with E-state index >= 15 is 0 Å². The van der Waals surface area contributed by atoms with Gasteiger partial charge in [0.15, 0.2) is 0 Å². The molecule has 0 spiro atoms. The Hall–Kier alpha value is -2.49. The van der Waals surface area contributed by atoms with Crippen molar-refractivity contribution in [1.82, 2.24) is 10.2 Å². The third-order valence-electron chi connectivity index (χ3n) is 6.52. The van der Waals surface area contributed by atoms with Gasteiger partial charge < -0.3 is 29.7 Å². The first-order valence-electron chi connectivity index (χ1n) is 12.4. The first-order chi connectivity index (χ1) is 17.1. The Bertz CT molecular complexity index is 962. The number of ether oxygens (including phenoxy) is 3. The molecule has 1 amide bonds. The van der Waals surface area contributed by atoms with Gasteiger partial charge in [-0.3, -0.25) is 9.69 Å². The van der Waals surface area contributed by atoms with Crippen LogP contribution >= 0.6 is 0 Å². The maximum atomic E-state index is 12.6. The van der Waals surface area contributed by atoms with Crippen molar-refractivity contribution in [3.05, 3.63) is 64.7 Å². The van der Waals surface area contributed by atoms with E-state index in [1.165, 1.54) is 5.56 Å². The van der Waals surface area contributed by atoms with Gasteiger partial charge in [0.1, 0.15) is 12.4 Å². The lowest BCUT2D eigenvalue weighted by molar-refractivity contribution is 0.0133. The first kappa shape index (κ1) is 25.6.